The molecule has 0 radical (unpaired) electrons. The van der Waals surface area contributed by atoms with Crippen LogP contribution in [0.4, 0.5) is 5.69 Å². The Bertz CT molecular complexity index is 1050. The van der Waals surface area contributed by atoms with Crippen LogP contribution in [-0.2, 0) is 16.0 Å². The Morgan fingerprint density at radius 3 is 2.35 bits per heavy atom. The molecule has 1 atom stereocenters. The van der Waals surface area contributed by atoms with E-state index in [1.165, 1.54) is 34.7 Å². The van der Waals surface area contributed by atoms with Gasteiger partial charge in [0, 0.05) is 50.8 Å². The van der Waals surface area contributed by atoms with Crippen molar-refractivity contribution in [3.8, 4) is 11.5 Å². The fraction of sp³-hybridized carbons (Fsp3) is 0.429. The van der Waals surface area contributed by atoms with Crippen LogP contribution in [0.5, 0.6) is 11.5 Å². The standard InChI is InChI=1S/C24H32N2O2S.C4H4O4/c1-19(18-28-23-11-5-7-20-8-6-16-29-24(20)23)17-25-12-14-26(15-13-25)21-9-3-4-10-22(21)27-2;5-3(6)1-2-4(7)8/h3-5,7,9-11,19H,6,8,12-18H2,1-2H3;1-2H,(H,5,6)(H,7,8)/b;2-1+. The summed E-state index contributed by atoms with van der Waals surface area (Å²) in [6.07, 6.45) is 3.58. The molecule has 2 aromatic carbocycles. The zero-order valence-corrected chi connectivity index (χ0v) is 22.3. The van der Waals surface area contributed by atoms with Crippen LogP contribution in [0.3, 0.4) is 0 Å². The normalized spacial score (nSPS) is 16.3. The molecular formula is C28H36N2O6S. The second-order valence-electron chi connectivity index (χ2n) is 9.08. The molecule has 1 saturated heterocycles. The van der Waals surface area contributed by atoms with E-state index in [1.807, 2.05) is 23.9 Å². The number of benzene rings is 2. The minimum Gasteiger partial charge on any atom is -0.495 e. The van der Waals surface area contributed by atoms with E-state index < -0.39 is 11.9 Å². The van der Waals surface area contributed by atoms with Gasteiger partial charge in [-0.25, -0.2) is 9.59 Å². The van der Waals surface area contributed by atoms with Gasteiger partial charge in [-0.15, -0.1) is 11.8 Å². The summed E-state index contributed by atoms with van der Waals surface area (Å²) in [5.41, 5.74) is 2.66. The molecule has 2 aromatic rings. The number of anilines is 1. The lowest BCUT2D eigenvalue weighted by Gasteiger charge is -2.37. The maximum absolute atomic E-state index is 9.55. The number of piperazine rings is 1. The number of fused-ring (bicyclic) bond motifs is 1. The summed E-state index contributed by atoms with van der Waals surface area (Å²) in [7, 11) is 1.75. The van der Waals surface area contributed by atoms with Crippen LogP contribution in [0, 0.1) is 5.92 Å². The van der Waals surface area contributed by atoms with E-state index in [-0.39, 0.29) is 0 Å². The first-order valence-corrected chi connectivity index (χ1v) is 13.5. The topological polar surface area (TPSA) is 99.5 Å². The lowest BCUT2D eigenvalue weighted by molar-refractivity contribution is -0.134. The van der Waals surface area contributed by atoms with Crippen molar-refractivity contribution in [2.45, 2.75) is 24.7 Å². The minimum absolute atomic E-state index is 0.511. The zero-order chi connectivity index (χ0) is 26.6. The highest BCUT2D eigenvalue weighted by Gasteiger charge is 2.21. The van der Waals surface area contributed by atoms with Crippen molar-refractivity contribution in [2.75, 3.05) is 57.1 Å². The number of aryl methyl sites for hydroxylation is 1. The van der Waals surface area contributed by atoms with Gasteiger partial charge < -0.3 is 24.6 Å². The zero-order valence-electron chi connectivity index (χ0n) is 21.5. The van der Waals surface area contributed by atoms with Crippen LogP contribution in [0.15, 0.2) is 59.5 Å². The number of carboxylic acids is 2. The first-order valence-electron chi connectivity index (χ1n) is 12.5. The number of nitrogens with zero attached hydrogens (tertiary/aromatic N) is 2. The maximum atomic E-state index is 9.55. The third-order valence-corrected chi connectivity index (χ3v) is 7.40. The number of methoxy groups -OCH3 is 1. The number of carbonyl (C=O) groups is 2. The molecule has 2 aliphatic rings. The molecule has 0 bridgehead atoms. The van der Waals surface area contributed by atoms with E-state index in [1.54, 1.807) is 7.11 Å². The molecule has 9 heteroatoms. The minimum atomic E-state index is -1.26. The second-order valence-corrected chi connectivity index (χ2v) is 10.2. The van der Waals surface area contributed by atoms with Crippen LogP contribution in [-0.4, -0.2) is 79.2 Å². The highest BCUT2D eigenvalue weighted by Crippen LogP contribution is 2.37. The molecule has 1 fully saturated rings. The molecule has 37 heavy (non-hydrogen) atoms. The van der Waals surface area contributed by atoms with Crippen LogP contribution < -0.4 is 14.4 Å². The lowest BCUT2D eigenvalue weighted by atomic mass is 10.1. The Balaban J connectivity index is 0.000000414. The monoisotopic (exact) mass is 528 g/mol. The Kier molecular flexibility index (Phi) is 11.2. The van der Waals surface area contributed by atoms with E-state index in [0.717, 1.165) is 50.8 Å². The van der Waals surface area contributed by atoms with Crippen molar-refractivity contribution in [1.82, 2.24) is 4.90 Å². The van der Waals surface area contributed by atoms with Crippen molar-refractivity contribution in [3.05, 3.63) is 60.2 Å². The van der Waals surface area contributed by atoms with Crippen molar-refractivity contribution >= 4 is 29.4 Å². The van der Waals surface area contributed by atoms with E-state index in [2.05, 4.69) is 47.1 Å². The van der Waals surface area contributed by atoms with E-state index in [0.29, 0.717) is 18.1 Å². The van der Waals surface area contributed by atoms with Crippen molar-refractivity contribution in [1.29, 1.82) is 0 Å². The maximum Gasteiger partial charge on any atom is 0.328 e. The average molecular weight is 529 g/mol. The van der Waals surface area contributed by atoms with Gasteiger partial charge in [-0.2, -0.15) is 0 Å². The average Bonchev–Trinajstić information content (AvgIpc) is 2.91. The summed E-state index contributed by atoms with van der Waals surface area (Å²) < 4.78 is 11.8. The molecule has 0 aromatic heterocycles. The fourth-order valence-corrected chi connectivity index (χ4v) is 5.52. The molecule has 200 valence electrons. The molecule has 0 saturated carbocycles. The van der Waals surface area contributed by atoms with Gasteiger partial charge >= 0.3 is 11.9 Å². The molecule has 0 aliphatic carbocycles. The number of para-hydroxylation sites is 2. The van der Waals surface area contributed by atoms with Crippen LogP contribution in [0.25, 0.3) is 0 Å². The Morgan fingerprint density at radius 1 is 1.00 bits per heavy atom. The fourth-order valence-electron chi connectivity index (χ4n) is 4.40. The SMILES string of the molecule is COc1ccccc1N1CCN(CC(C)COc2cccc3c2SCCC3)CC1.O=C(O)/C=C/C(=O)O. The predicted octanol–water partition coefficient (Wildman–Crippen LogP) is 4.28. The predicted molar refractivity (Wildman–Crippen MR) is 146 cm³/mol. The molecular weight excluding hydrogens is 492 g/mol. The summed E-state index contributed by atoms with van der Waals surface area (Å²) in [4.78, 5) is 25.5. The summed E-state index contributed by atoms with van der Waals surface area (Å²) in [6.45, 7) is 8.41. The molecule has 0 amide bonds. The van der Waals surface area contributed by atoms with Gasteiger partial charge in [-0.05, 0) is 42.4 Å². The van der Waals surface area contributed by atoms with Gasteiger partial charge in [0.25, 0.3) is 0 Å². The molecule has 2 aliphatic heterocycles. The quantitative estimate of drug-likeness (QED) is 0.462. The number of hydrogen-bond acceptors (Lipinski definition) is 7. The van der Waals surface area contributed by atoms with Gasteiger partial charge in [0.2, 0.25) is 0 Å². The Labute approximate surface area is 222 Å². The van der Waals surface area contributed by atoms with Crippen molar-refractivity contribution in [3.63, 3.8) is 0 Å². The number of rotatable bonds is 9. The van der Waals surface area contributed by atoms with E-state index >= 15 is 0 Å². The van der Waals surface area contributed by atoms with Gasteiger partial charge in [0.05, 0.1) is 24.3 Å². The highest BCUT2D eigenvalue weighted by atomic mass is 32.2. The number of aliphatic carboxylic acids is 2. The van der Waals surface area contributed by atoms with Gasteiger partial charge in [0.1, 0.15) is 11.5 Å². The molecule has 0 spiro atoms. The first-order chi connectivity index (χ1) is 17.9. The molecule has 2 heterocycles. The van der Waals surface area contributed by atoms with Crippen LogP contribution >= 0.6 is 11.8 Å². The van der Waals surface area contributed by atoms with E-state index in [4.69, 9.17) is 19.7 Å². The second kappa shape index (κ2) is 14.5. The van der Waals surface area contributed by atoms with Crippen LogP contribution in [0.2, 0.25) is 0 Å². The summed E-state index contributed by atoms with van der Waals surface area (Å²) in [5.74, 6) is 1.25. The highest BCUT2D eigenvalue weighted by molar-refractivity contribution is 7.99. The number of thioether (sulfide) groups is 1. The molecule has 4 rings (SSSR count). The van der Waals surface area contributed by atoms with Crippen molar-refractivity contribution < 1.29 is 29.3 Å². The largest absolute Gasteiger partial charge is 0.495 e. The molecule has 1 unspecified atom stereocenters. The summed E-state index contributed by atoms with van der Waals surface area (Å²) >= 11 is 1.95. The summed E-state index contributed by atoms with van der Waals surface area (Å²) in [5, 5.41) is 15.6. The Morgan fingerprint density at radius 2 is 1.68 bits per heavy atom. The summed E-state index contributed by atoms with van der Waals surface area (Å²) in [6, 6.07) is 14.8. The first kappa shape index (κ1) is 28.4. The third-order valence-electron chi connectivity index (χ3n) is 6.16. The molecule has 2 N–H and O–H groups in total. The van der Waals surface area contributed by atoms with Crippen molar-refractivity contribution in [2.24, 2.45) is 5.92 Å². The van der Waals surface area contributed by atoms with Gasteiger partial charge in [0.15, 0.2) is 0 Å². The number of carboxylic acid groups (broad SMARTS) is 2. The van der Waals surface area contributed by atoms with Crippen LogP contribution in [0.1, 0.15) is 18.9 Å². The van der Waals surface area contributed by atoms with Gasteiger partial charge in [-0.3, -0.25) is 4.90 Å². The van der Waals surface area contributed by atoms with E-state index in [9.17, 15) is 9.59 Å². The smallest absolute Gasteiger partial charge is 0.328 e. The molecule has 8 nitrogen and oxygen atoms in total. The van der Waals surface area contributed by atoms with Gasteiger partial charge in [-0.1, -0.05) is 31.2 Å². The number of hydrogen-bond donors (Lipinski definition) is 2. The lowest BCUT2D eigenvalue weighted by Crippen LogP contribution is -2.48. The number of ether oxygens (including phenoxy) is 2. The Hall–Kier alpha value is -3.17. The third kappa shape index (κ3) is 9.02.